The van der Waals surface area contributed by atoms with Crippen molar-refractivity contribution in [2.75, 3.05) is 13.2 Å². The van der Waals surface area contributed by atoms with E-state index >= 15 is 0 Å². The van der Waals surface area contributed by atoms with Gasteiger partial charge in [-0.05, 0) is 6.92 Å². The molecule has 1 N–H and O–H groups in total. The predicted molar refractivity (Wildman–Crippen MR) is 54.1 cm³/mol. The molecule has 0 aliphatic carbocycles. The van der Waals surface area contributed by atoms with Crippen molar-refractivity contribution in [3.63, 3.8) is 0 Å². The summed E-state index contributed by atoms with van der Waals surface area (Å²) in [5.41, 5.74) is 1.79. The summed E-state index contributed by atoms with van der Waals surface area (Å²) in [5.74, 6) is -0.598. The number of aromatic nitrogens is 2. The Morgan fingerprint density at radius 1 is 1.87 bits per heavy atom. The van der Waals surface area contributed by atoms with Gasteiger partial charge in [0.15, 0.2) is 7.98 Å². The minimum Gasteiger partial charge on any atom is -0.465 e. The first-order valence-corrected chi connectivity index (χ1v) is 4.90. The first-order valence-electron chi connectivity index (χ1n) is 4.90. The van der Waals surface area contributed by atoms with E-state index in [1.54, 1.807) is 17.9 Å². The van der Waals surface area contributed by atoms with Gasteiger partial charge in [0.1, 0.15) is 5.92 Å². The molecule has 5 nitrogen and oxygen atoms in total. The minimum absolute atomic E-state index is 0.252. The zero-order chi connectivity index (χ0) is 10.8. The van der Waals surface area contributed by atoms with Crippen LogP contribution in [0.2, 0.25) is 0 Å². The molecule has 2 heterocycles. The fourth-order valence-corrected chi connectivity index (χ4v) is 1.79. The Hall–Kier alpha value is -1.30. The first kappa shape index (κ1) is 10.2. The lowest BCUT2D eigenvalue weighted by Crippen LogP contribution is -2.35. The number of ether oxygens (including phenoxy) is 1. The van der Waals surface area contributed by atoms with E-state index in [0.717, 1.165) is 11.3 Å². The zero-order valence-corrected chi connectivity index (χ0v) is 8.56. The summed E-state index contributed by atoms with van der Waals surface area (Å²) in [5, 5.41) is 6.75. The van der Waals surface area contributed by atoms with Crippen LogP contribution in [-0.4, -0.2) is 42.1 Å². The number of carbonyl (C=O) groups excluding carboxylic acids is 1. The summed E-state index contributed by atoms with van der Waals surface area (Å²) in [4.78, 5) is 13.2. The van der Waals surface area contributed by atoms with Gasteiger partial charge in [0.2, 0.25) is 0 Å². The third-order valence-electron chi connectivity index (χ3n) is 2.46. The van der Waals surface area contributed by atoms with Gasteiger partial charge in [0.25, 0.3) is 0 Å². The van der Waals surface area contributed by atoms with E-state index in [9.17, 15) is 4.79 Å². The largest absolute Gasteiger partial charge is 0.465 e. The van der Waals surface area contributed by atoms with Gasteiger partial charge in [0.05, 0.1) is 18.5 Å². The quantitative estimate of drug-likeness (QED) is 0.543. The van der Waals surface area contributed by atoms with Gasteiger partial charge in [-0.3, -0.25) is 9.89 Å². The molecule has 1 aromatic rings. The number of nitrogens with zero attached hydrogens (tertiary/aromatic N) is 2. The molecule has 6 heteroatoms. The molecular formula is C9H12BN3O2. The maximum Gasteiger partial charge on any atom is 0.316 e. The van der Waals surface area contributed by atoms with Crippen molar-refractivity contribution in [2.24, 2.45) is 0 Å². The van der Waals surface area contributed by atoms with Crippen molar-refractivity contribution in [3.05, 3.63) is 17.5 Å². The Morgan fingerprint density at radius 3 is 3.40 bits per heavy atom. The summed E-state index contributed by atoms with van der Waals surface area (Å²) in [6.45, 7) is 3.24. The highest BCUT2D eigenvalue weighted by Gasteiger charge is 2.31. The van der Waals surface area contributed by atoms with Crippen molar-refractivity contribution < 1.29 is 9.53 Å². The molecule has 0 spiro atoms. The second-order valence-corrected chi connectivity index (χ2v) is 3.54. The molecular weight excluding hydrogens is 193 g/mol. The van der Waals surface area contributed by atoms with Gasteiger partial charge in [-0.1, -0.05) is 0 Å². The van der Waals surface area contributed by atoms with Crippen molar-refractivity contribution in [1.82, 2.24) is 15.0 Å². The van der Waals surface area contributed by atoms with Crippen LogP contribution in [0.25, 0.3) is 0 Å². The van der Waals surface area contributed by atoms with Crippen LogP contribution in [-0.2, 0) is 16.1 Å². The average Bonchev–Trinajstić information content (AvgIpc) is 2.64. The molecule has 15 heavy (non-hydrogen) atoms. The molecule has 0 amide bonds. The lowest BCUT2D eigenvalue weighted by atomic mass is 9.94. The number of esters is 1. The van der Waals surface area contributed by atoms with E-state index in [1.165, 1.54) is 0 Å². The second kappa shape index (κ2) is 4.06. The van der Waals surface area contributed by atoms with Gasteiger partial charge in [0, 0.05) is 18.7 Å². The predicted octanol–water partition coefficient (Wildman–Crippen LogP) is -0.0445. The standard InChI is InChI=1S/C9H12BN3O2/c1-2-15-9(14)7-5-13(10)4-6-3-11-12-8(6)7/h3,7H,2,4-5H2,1H3,(H,11,12). The number of nitrogens with one attached hydrogen (secondary N) is 1. The molecule has 2 rings (SSSR count). The van der Waals surface area contributed by atoms with E-state index < -0.39 is 0 Å². The third-order valence-corrected chi connectivity index (χ3v) is 2.46. The first-order chi connectivity index (χ1) is 7.22. The number of fused-ring (bicyclic) bond motifs is 1. The van der Waals surface area contributed by atoms with Crippen LogP contribution in [0.4, 0.5) is 0 Å². The summed E-state index contributed by atoms with van der Waals surface area (Å²) < 4.78 is 4.99. The topological polar surface area (TPSA) is 58.2 Å². The summed E-state index contributed by atoms with van der Waals surface area (Å²) in [6, 6.07) is 0. The Labute approximate surface area is 89.2 Å². The molecule has 0 saturated heterocycles. The van der Waals surface area contributed by atoms with E-state index in [1.807, 2.05) is 0 Å². The number of hydrogen-bond acceptors (Lipinski definition) is 4. The Morgan fingerprint density at radius 2 is 2.67 bits per heavy atom. The molecule has 1 atom stereocenters. The highest BCUT2D eigenvalue weighted by Crippen LogP contribution is 2.26. The highest BCUT2D eigenvalue weighted by molar-refractivity contribution is 6.04. The van der Waals surface area contributed by atoms with E-state index in [-0.39, 0.29) is 11.9 Å². The average molecular weight is 205 g/mol. The van der Waals surface area contributed by atoms with E-state index in [0.29, 0.717) is 19.7 Å². The molecule has 1 unspecified atom stereocenters. The van der Waals surface area contributed by atoms with Gasteiger partial charge < -0.3 is 9.55 Å². The molecule has 0 saturated carbocycles. The van der Waals surface area contributed by atoms with E-state index in [2.05, 4.69) is 10.2 Å². The third kappa shape index (κ3) is 1.90. The monoisotopic (exact) mass is 205 g/mol. The summed E-state index contributed by atoms with van der Waals surface area (Å²) in [6.07, 6.45) is 1.70. The molecule has 1 aliphatic heterocycles. The van der Waals surface area contributed by atoms with Gasteiger partial charge in [-0.2, -0.15) is 5.10 Å². The van der Waals surface area contributed by atoms with E-state index in [4.69, 9.17) is 12.7 Å². The van der Waals surface area contributed by atoms with Crippen LogP contribution in [0.5, 0.6) is 0 Å². The van der Waals surface area contributed by atoms with Crippen LogP contribution >= 0.6 is 0 Å². The van der Waals surface area contributed by atoms with Crippen molar-refractivity contribution in [3.8, 4) is 0 Å². The molecule has 0 aromatic carbocycles. The molecule has 0 fully saturated rings. The number of rotatable bonds is 2. The van der Waals surface area contributed by atoms with Crippen LogP contribution in [0, 0.1) is 0 Å². The fraction of sp³-hybridized carbons (Fsp3) is 0.556. The molecule has 0 bridgehead atoms. The van der Waals surface area contributed by atoms with Crippen LogP contribution in [0.3, 0.4) is 0 Å². The maximum absolute atomic E-state index is 11.7. The highest BCUT2D eigenvalue weighted by atomic mass is 16.5. The molecule has 1 aliphatic rings. The van der Waals surface area contributed by atoms with Crippen molar-refractivity contribution in [2.45, 2.75) is 19.4 Å². The SMILES string of the molecule is [B]N1Cc2cn[nH]c2C(C(=O)OCC)C1. The zero-order valence-electron chi connectivity index (χ0n) is 8.56. The fourth-order valence-electron chi connectivity index (χ4n) is 1.79. The van der Waals surface area contributed by atoms with Crippen molar-refractivity contribution >= 4 is 14.0 Å². The van der Waals surface area contributed by atoms with Crippen LogP contribution in [0.1, 0.15) is 24.1 Å². The summed E-state index contributed by atoms with van der Waals surface area (Å²) in [7, 11) is 5.72. The minimum atomic E-state index is -0.346. The van der Waals surface area contributed by atoms with Gasteiger partial charge in [-0.25, -0.2) is 0 Å². The maximum atomic E-state index is 11.7. The molecule has 2 radical (unpaired) electrons. The Balaban J connectivity index is 2.23. The number of hydrogen-bond donors (Lipinski definition) is 1. The lowest BCUT2D eigenvalue weighted by Gasteiger charge is -2.28. The second-order valence-electron chi connectivity index (χ2n) is 3.54. The van der Waals surface area contributed by atoms with Gasteiger partial charge >= 0.3 is 5.97 Å². The van der Waals surface area contributed by atoms with Crippen LogP contribution < -0.4 is 0 Å². The van der Waals surface area contributed by atoms with Crippen molar-refractivity contribution in [1.29, 1.82) is 0 Å². The normalized spacial score (nSPS) is 21.0. The number of aromatic amines is 1. The van der Waals surface area contributed by atoms with Gasteiger partial charge in [-0.15, -0.1) is 0 Å². The molecule has 1 aromatic heterocycles. The lowest BCUT2D eigenvalue weighted by molar-refractivity contribution is -0.145. The number of H-pyrrole nitrogens is 1. The summed E-state index contributed by atoms with van der Waals surface area (Å²) >= 11 is 0. The number of carbonyl (C=O) groups is 1. The molecule has 78 valence electrons. The van der Waals surface area contributed by atoms with Crippen LogP contribution in [0.15, 0.2) is 6.20 Å². The Kier molecular flexibility index (Phi) is 2.77. The smallest absolute Gasteiger partial charge is 0.316 e. The Bertz CT molecular complexity index is 366.